The van der Waals surface area contributed by atoms with Gasteiger partial charge in [-0.2, -0.15) is 0 Å². The van der Waals surface area contributed by atoms with Crippen LogP contribution in [0.4, 0.5) is 0 Å². The van der Waals surface area contributed by atoms with Gasteiger partial charge in [0, 0.05) is 6.04 Å². The number of fused-ring (bicyclic) bond motifs is 1. The molecule has 2 nitrogen and oxygen atoms in total. The fraction of sp³-hybridized carbons (Fsp3) is 1.00. The molecule has 12 heavy (non-hydrogen) atoms. The first-order valence-electron chi connectivity index (χ1n) is 4.67. The molecule has 2 fully saturated rings. The van der Waals surface area contributed by atoms with Crippen molar-refractivity contribution in [2.45, 2.75) is 38.3 Å². The third-order valence-electron chi connectivity index (χ3n) is 3.45. The summed E-state index contributed by atoms with van der Waals surface area (Å²) < 4.78 is 0. The zero-order valence-corrected chi connectivity index (χ0v) is 8.26. The maximum Gasteiger partial charge on any atom is 0.0546 e. The maximum atomic E-state index is 9.26. The summed E-state index contributed by atoms with van der Waals surface area (Å²) in [6.45, 7) is 2.15. The van der Waals surface area contributed by atoms with Crippen molar-refractivity contribution in [3.63, 3.8) is 0 Å². The van der Waals surface area contributed by atoms with Gasteiger partial charge in [-0.1, -0.05) is 6.92 Å². The van der Waals surface area contributed by atoms with E-state index in [1.54, 1.807) is 0 Å². The Morgan fingerprint density at radius 3 is 2.33 bits per heavy atom. The lowest BCUT2D eigenvalue weighted by molar-refractivity contribution is 0.158. The summed E-state index contributed by atoms with van der Waals surface area (Å²) in [5.74, 6) is 2.31. The predicted molar refractivity (Wildman–Crippen MR) is 51.2 cm³/mol. The van der Waals surface area contributed by atoms with Gasteiger partial charge in [0.05, 0.1) is 6.10 Å². The van der Waals surface area contributed by atoms with Gasteiger partial charge in [-0.25, -0.2) is 0 Å². The van der Waals surface area contributed by atoms with E-state index in [4.69, 9.17) is 5.73 Å². The molecule has 0 aliphatic heterocycles. The quantitative estimate of drug-likeness (QED) is 0.688. The minimum Gasteiger partial charge on any atom is -0.393 e. The SMILES string of the molecule is CCC(N)C1C2CC(O)CC21.Cl. The summed E-state index contributed by atoms with van der Waals surface area (Å²) in [5, 5.41) is 9.26. The number of aliphatic hydroxyl groups excluding tert-OH is 1. The van der Waals surface area contributed by atoms with E-state index >= 15 is 0 Å². The topological polar surface area (TPSA) is 46.2 Å². The van der Waals surface area contributed by atoms with Gasteiger partial charge < -0.3 is 10.8 Å². The van der Waals surface area contributed by atoms with Gasteiger partial charge in [-0.3, -0.25) is 0 Å². The van der Waals surface area contributed by atoms with E-state index < -0.39 is 0 Å². The second-order valence-corrected chi connectivity index (χ2v) is 4.10. The average molecular weight is 192 g/mol. The molecule has 0 aromatic heterocycles. The van der Waals surface area contributed by atoms with Crippen LogP contribution in [0, 0.1) is 17.8 Å². The van der Waals surface area contributed by atoms with Gasteiger partial charge in [0.1, 0.15) is 0 Å². The maximum absolute atomic E-state index is 9.26. The molecule has 0 amide bonds. The number of hydrogen-bond acceptors (Lipinski definition) is 2. The standard InChI is InChI=1S/C9H17NO.ClH/c1-2-8(10)9-6-3-5(11)4-7(6)9;/h5-9,11H,2-4,10H2,1H3;1H. The molecule has 3 unspecified atom stereocenters. The number of nitrogens with two attached hydrogens (primary N) is 1. The summed E-state index contributed by atoms with van der Waals surface area (Å²) >= 11 is 0. The van der Waals surface area contributed by atoms with Gasteiger partial charge >= 0.3 is 0 Å². The minimum atomic E-state index is -0.00898. The summed E-state index contributed by atoms with van der Waals surface area (Å²) in [6.07, 6.45) is 3.12. The van der Waals surface area contributed by atoms with Crippen LogP contribution in [-0.4, -0.2) is 17.3 Å². The fourth-order valence-electron chi connectivity index (χ4n) is 2.77. The Kier molecular flexibility index (Phi) is 3.02. The Balaban J connectivity index is 0.000000720. The zero-order chi connectivity index (χ0) is 8.01. The van der Waals surface area contributed by atoms with Crippen LogP contribution in [-0.2, 0) is 0 Å². The van der Waals surface area contributed by atoms with Crippen LogP contribution < -0.4 is 5.73 Å². The highest BCUT2D eigenvalue weighted by Gasteiger charge is 2.57. The third kappa shape index (κ3) is 1.48. The van der Waals surface area contributed by atoms with Crippen molar-refractivity contribution in [3.05, 3.63) is 0 Å². The van der Waals surface area contributed by atoms with Crippen molar-refractivity contribution in [2.75, 3.05) is 0 Å². The molecule has 0 heterocycles. The van der Waals surface area contributed by atoms with Crippen molar-refractivity contribution in [1.82, 2.24) is 0 Å². The lowest BCUT2D eigenvalue weighted by Crippen LogP contribution is -2.25. The minimum absolute atomic E-state index is 0. The second kappa shape index (κ2) is 3.52. The van der Waals surface area contributed by atoms with E-state index in [1.165, 1.54) is 0 Å². The van der Waals surface area contributed by atoms with Gasteiger partial charge in [0.25, 0.3) is 0 Å². The zero-order valence-electron chi connectivity index (χ0n) is 7.44. The molecule has 2 rings (SSSR count). The first-order valence-corrected chi connectivity index (χ1v) is 4.67. The molecule has 0 radical (unpaired) electrons. The van der Waals surface area contributed by atoms with Crippen LogP contribution >= 0.6 is 12.4 Å². The average Bonchev–Trinajstić information content (AvgIpc) is 2.48. The number of halogens is 1. The van der Waals surface area contributed by atoms with Crippen molar-refractivity contribution >= 4 is 12.4 Å². The third-order valence-corrected chi connectivity index (χ3v) is 3.45. The first-order chi connectivity index (χ1) is 5.24. The smallest absolute Gasteiger partial charge is 0.0546 e. The Bertz CT molecular complexity index is 153. The molecule has 3 heteroatoms. The van der Waals surface area contributed by atoms with E-state index in [9.17, 15) is 5.11 Å². The van der Waals surface area contributed by atoms with Crippen molar-refractivity contribution in [2.24, 2.45) is 23.5 Å². The van der Waals surface area contributed by atoms with Gasteiger partial charge in [0.15, 0.2) is 0 Å². The van der Waals surface area contributed by atoms with E-state index in [-0.39, 0.29) is 18.5 Å². The first kappa shape index (κ1) is 10.3. The lowest BCUT2D eigenvalue weighted by atomic mass is 10.0. The monoisotopic (exact) mass is 191 g/mol. The largest absolute Gasteiger partial charge is 0.393 e. The number of hydrogen-bond donors (Lipinski definition) is 2. The van der Waals surface area contributed by atoms with Crippen LogP contribution in [0.2, 0.25) is 0 Å². The van der Waals surface area contributed by atoms with Gasteiger partial charge in [-0.15, -0.1) is 12.4 Å². The summed E-state index contributed by atoms with van der Waals surface area (Å²) in [7, 11) is 0. The highest BCUT2D eigenvalue weighted by Crippen LogP contribution is 2.58. The van der Waals surface area contributed by atoms with Gasteiger partial charge in [-0.05, 0) is 37.0 Å². The summed E-state index contributed by atoms with van der Waals surface area (Å²) in [6, 6.07) is 0.400. The van der Waals surface area contributed by atoms with Crippen molar-refractivity contribution < 1.29 is 5.11 Å². The Labute approximate surface area is 79.9 Å². The van der Waals surface area contributed by atoms with Crippen molar-refractivity contribution in [3.8, 4) is 0 Å². The molecule has 0 bridgehead atoms. The van der Waals surface area contributed by atoms with Crippen molar-refractivity contribution in [1.29, 1.82) is 0 Å². The molecule has 3 atom stereocenters. The van der Waals surface area contributed by atoms with E-state index in [0.717, 1.165) is 37.0 Å². The van der Waals surface area contributed by atoms with Gasteiger partial charge in [0.2, 0.25) is 0 Å². The molecular weight excluding hydrogens is 174 g/mol. The molecule has 2 aliphatic carbocycles. The molecular formula is C9H18ClNO. The second-order valence-electron chi connectivity index (χ2n) is 4.10. The van der Waals surface area contributed by atoms with E-state index in [0.29, 0.717) is 6.04 Å². The molecule has 0 spiro atoms. The number of rotatable bonds is 2. The summed E-state index contributed by atoms with van der Waals surface area (Å²) in [4.78, 5) is 0. The summed E-state index contributed by atoms with van der Waals surface area (Å²) in [5.41, 5.74) is 5.93. The Hall–Kier alpha value is 0.210. The molecule has 72 valence electrons. The van der Waals surface area contributed by atoms with E-state index in [2.05, 4.69) is 6.92 Å². The van der Waals surface area contributed by atoms with Crippen LogP contribution in [0.25, 0.3) is 0 Å². The molecule has 0 saturated heterocycles. The highest BCUT2D eigenvalue weighted by molar-refractivity contribution is 5.85. The normalized spacial score (nSPS) is 46.2. The molecule has 3 N–H and O–H groups in total. The Morgan fingerprint density at radius 1 is 1.42 bits per heavy atom. The molecule has 2 saturated carbocycles. The molecule has 0 aromatic carbocycles. The Morgan fingerprint density at radius 2 is 1.92 bits per heavy atom. The van der Waals surface area contributed by atoms with E-state index in [1.807, 2.05) is 0 Å². The molecule has 2 aliphatic rings. The van der Waals surface area contributed by atoms with Crippen LogP contribution in [0.3, 0.4) is 0 Å². The predicted octanol–water partition coefficient (Wildman–Crippen LogP) is 1.16. The number of aliphatic hydroxyl groups is 1. The fourth-order valence-corrected chi connectivity index (χ4v) is 2.77. The molecule has 0 aromatic rings. The van der Waals surface area contributed by atoms with Crippen LogP contribution in [0.15, 0.2) is 0 Å². The highest BCUT2D eigenvalue weighted by atomic mass is 35.5. The van der Waals surface area contributed by atoms with Crippen LogP contribution in [0.5, 0.6) is 0 Å². The lowest BCUT2D eigenvalue weighted by Gasteiger charge is -2.12. The van der Waals surface area contributed by atoms with Crippen LogP contribution in [0.1, 0.15) is 26.2 Å².